The van der Waals surface area contributed by atoms with Crippen molar-refractivity contribution < 1.29 is 22.8 Å². The van der Waals surface area contributed by atoms with Crippen molar-refractivity contribution in [2.45, 2.75) is 50.3 Å². The summed E-state index contributed by atoms with van der Waals surface area (Å²) in [6.07, 6.45) is 4.31. The molecule has 1 aromatic carbocycles. The minimum atomic E-state index is -3.58. The van der Waals surface area contributed by atoms with Crippen LogP contribution in [0.3, 0.4) is 0 Å². The molecule has 1 aliphatic rings. The fourth-order valence-corrected chi connectivity index (χ4v) is 6.00. The highest BCUT2D eigenvalue weighted by Gasteiger charge is 2.26. The Morgan fingerprint density at radius 1 is 1.00 bits per heavy atom. The van der Waals surface area contributed by atoms with E-state index in [2.05, 4.69) is 16.2 Å². The van der Waals surface area contributed by atoms with Gasteiger partial charge >= 0.3 is 0 Å². The van der Waals surface area contributed by atoms with E-state index in [1.54, 1.807) is 18.2 Å². The second-order valence-corrected chi connectivity index (χ2v) is 10.5. The number of carbonyl (C=O) groups is 3. The highest BCUT2D eigenvalue weighted by atomic mass is 32.2. The predicted octanol–water partition coefficient (Wildman–Crippen LogP) is 2.60. The van der Waals surface area contributed by atoms with Crippen molar-refractivity contribution in [1.82, 2.24) is 10.9 Å². The summed E-state index contributed by atoms with van der Waals surface area (Å²) in [6, 6.07) is 7.97. The van der Waals surface area contributed by atoms with Gasteiger partial charge in [0, 0.05) is 18.2 Å². The van der Waals surface area contributed by atoms with Crippen molar-refractivity contribution in [3.8, 4) is 0 Å². The molecule has 31 heavy (non-hydrogen) atoms. The largest absolute Gasteiger partial charge is 0.317 e. The number of rotatable bonds is 6. The lowest BCUT2D eigenvalue weighted by Gasteiger charge is -2.10. The zero-order chi connectivity index (χ0) is 22.4. The number of hydrogen-bond acceptors (Lipinski definition) is 6. The number of anilines is 1. The smallest absolute Gasteiger partial charge is 0.272 e. The number of aryl methyl sites for hydroxylation is 1. The Morgan fingerprint density at radius 2 is 1.71 bits per heavy atom. The van der Waals surface area contributed by atoms with Crippen LogP contribution in [0.2, 0.25) is 0 Å². The molecule has 0 aliphatic heterocycles. The summed E-state index contributed by atoms with van der Waals surface area (Å²) in [5.41, 5.74) is 5.87. The van der Waals surface area contributed by atoms with Gasteiger partial charge in [0.1, 0.15) is 5.00 Å². The molecule has 3 N–H and O–H groups in total. The topological polar surface area (TPSA) is 121 Å². The standard InChI is InChI=1S/C21H25N3O5S2/c1-14(25)23-24-20(27)19-16-10-6-3-7-11-17(16)30-21(19)22-18(26)12-13-31(28,29)15-8-4-2-5-9-15/h2,4-5,8-9H,3,6-7,10-13H2,1H3,(H,22,26)(H,23,25)(H,24,27). The Labute approximate surface area is 185 Å². The average Bonchev–Trinajstić information content (AvgIpc) is 2.91. The van der Waals surface area contributed by atoms with E-state index in [4.69, 9.17) is 0 Å². The first-order valence-electron chi connectivity index (χ1n) is 10.1. The van der Waals surface area contributed by atoms with Crippen LogP contribution in [0, 0.1) is 0 Å². The van der Waals surface area contributed by atoms with Gasteiger partial charge in [-0.05, 0) is 43.4 Å². The molecule has 0 saturated heterocycles. The molecular weight excluding hydrogens is 438 g/mol. The monoisotopic (exact) mass is 463 g/mol. The van der Waals surface area contributed by atoms with Crippen LogP contribution in [0.4, 0.5) is 5.00 Å². The second kappa shape index (κ2) is 10.1. The second-order valence-electron chi connectivity index (χ2n) is 7.33. The van der Waals surface area contributed by atoms with Crippen LogP contribution in [0.5, 0.6) is 0 Å². The van der Waals surface area contributed by atoms with Gasteiger partial charge in [-0.2, -0.15) is 0 Å². The molecule has 0 spiro atoms. The quantitative estimate of drug-likeness (QED) is 0.449. The van der Waals surface area contributed by atoms with Gasteiger partial charge in [-0.25, -0.2) is 8.42 Å². The normalized spacial score (nSPS) is 13.6. The highest BCUT2D eigenvalue weighted by Crippen LogP contribution is 2.37. The van der Waals surface area contributed by atoms with Crippen molar-refractivity contribution in [3.05, 3.63) is 46.3 Å². The van der Waals surface area contributed by atoms with Gasteiger partial charge in [-0.15, -0.1) is 11.3 Å². The van der Waals surface area contributed by atoms with Crippen molar-refractivity contribution in [3.63, 3.8) is 0 Å². The maximum Gasteiger partial charge on any atom is 0.272 e. The molecule has 0 radical (unpaired) electrons. The van der Waals surface area contributed by atoms with Gasteiger partial charge in [0.25, 0.3) is 5.91 Å². The number of thiophene rings is 1. The molecule has 1 aromatic heterocycles. The molecule has 1 heterocycles. The summed E-state index contributed by atoms with van der Waals surface area (Å²) >= 11 is 1.34. The summed E-state index contributed by atoms with van der Waals surface area (Å²) in [5.74, 6) is -1.72. The minimum Gasteiger partial charge on any atom is -0.317 e. The van der Waals surface area contributed by atoms with Crippen LogP contribution >= 0.6 is 11.3 Å². The lowest BCUT2D eigenvalue weighted by molar-refractivity contribution is -0.119. The van der Waals surface area contributed by atoms with E-state index in [1.165, 1.54) is 30.4 Å². The zero-order valence-corrected chi connectivity index (χ0v) is 18.8. The first kappa shape index (κ1) is 23.0. The zero-order valence-electron chi connectivity index (χ0n) is 17.2. The van der Waals surface area contributed by atoms with E-state index in [0.29, 0.717) is 17.0 Å². The number of nitrogens with one attached hydrogen (secondary N) is 3. The number of sulfone groups is 1. The summed E-state index contributed by atoms with van der Waals surface area (Å²) in [5, 5.41) is 3.11. The molecule has 0 bridgehead atoms. The molecule has 3 amide bonds. The lowest BCUT2D eigenvalue weighted by atomic mass is 10.1. The molecule has 0 fully saturated rings. The van der Waals surface area contributed by atoms with E-state index in [0.717, 1.165) is 36.1 Å². The van der Waals surface area contributed by atoms with Crippen LogP contribution < -0.4 is 16.2 Å². The Kier molecular flexibility index (Phi) is 7.45. The molecule has 0 saturated carbocycles. The van der Waals surface area contributed by atoms with E-state index in [-0.39, 0.29) is 17.1 Å². The Morgan fingerprint density at radius 3 is 2.42 bits per heavy atom. The van der Waals surface area contributed by atoms with E-state index >= 15 is 0 Å². The van der Waals surface area contributed by atoms with E-state index in [9.17, 15) is 22.8 Å². The van der Waals surface area contributed by atoms with Gasteiger partial charge in [0.2, 0.25) is 11.8 Å². The van der Waals surface area contributed by atoms with Gasteiger partial charge in [0.05, 0.1) is 16.2 Å². The van der Waals surface area contributed by atoms with Crippen molar-refractivity contribution in [2.24, 2.45) is 0 Å². The third-order valence-corrected chi connectivity index (χ3v) is 7.89. The van der Waals surface area contributed by atoms with Gasteiger partial charge in [-0.1, -0.05) is 24.6 Å². The van der Waals surface area contributed by atoms with Crippen molar-refractivity contribution in [1.29, 1.82) is 0 Å². The number of fused-ring (bicyclic) bond motifs is 1. The van der Waals surface area contributed by atoms with Crippen molar-refractivity contribution in [2.75, 3.05) is 11.1 Å². The third-order valence-electron chi connectivity index (χ3n) is 4.95. The maximum absolute atomic E-state index is 12.7. The van der Waals surface area contributed by atoms with E-state index < -0.39 is 27.6 Å². The molecule has 10 heteroatoms. The van der Waals surface area contributed by atoms with Crippen LogP contribution in [-0.4, -0.2) is 31.9 Å². The molecule has 3 rings (SSSR count). The molecule has 166 valence electrons. The van der Waals surface area contributed by atoms with Gasteiger partial charge < -0.3 is 5.32 Å². The van der Waals surface area contributed by atoms with Crippen molar-refractivity contribution >= 4 is 43.9 Å². The summed E-state index contributed by atoms with van der Waals surface area (Å²) in [4.78, 5) is 37.7. The lowest BCUT2D eigenvalue weighted by Crippen LogP contribution is -2.40. The van der Waals surface area contributed by atoms with Crippen LogP contribution in [0.25, 0.3) is 0 Å². The molecule has 8 nitrogen and oxygen atoms in total. The molecule has 0 unspecified atom stereocenters. The molecule has 1 aliphatic carbocycles. The fraction of sp³-hybridized carbons (Fsp3) is 0.381. The summed E-state index contributed by atoms with van der Waals surface area (Å²) in [6.45, 7) is 1.28. The first-order chi connectivity index (χ1) is 14.8. The minimum absolute atomic E-state index is 0.168. The van der Waals surface area contributed by atoms with Crippen LogP contribution in [0.1, 0.15) is 53.4 Å². The van der Waals surface area contributed by atoms with Crippen LogP contribution in [-0.2, 0) is 32.3 Å². The Hall–Kier alpha value is -2.72. The summed E-state index contributed by atoms with van der Waals surface area (Å²) < 4.78 is 24.9. The summed E-state index contributed by atoms with van der Waals surface area (Å²) in [7, 11) is -3.58. The number of carbonyl (C=O) groups excluding carboxylic acids is 3. The Bertz CT molecular complexity index is 1080. The third kappa shape index (κ3) is 5.92. The SMILES string of the molecule is CC(=O)NNC(=O)c1c(NC(=O)CCS(=O)(=O)c2ccccc2)sc2c1CCCCC2. The maximum atomic E-state index is 12.7. The Balaban J connectivity index is 1.76. The van der Waals surface area contributed by atoms with Crippen LogP contribution in [0.15, 0.2) is 35.2 Å². The number of amides is 3. The van der Waals surface area contributed by atoms with Gasteiger partial charge in [0.15, 0.2) is 9.84 Å². The molecular formula is C21H25N3O5S2. The number of benzene rings is 1. The molecule has 0 atom stereocenters. The predicted molar refractivity (Wildman–Crippen MR) is 119 cm³/mol. The average molecular weight is 464 g/mol. The number of hydrazine groups is 1. The number of hydrogen-bond donors (Lipinski definition) is 3. The fourth-order valence-electron chi connectivity index (χ4n) is 3.44. The van der Waals surface area contributed by atoms with E-state index in [1.807, 2.05) is 0 Å². The first-order valence-corrected chi connectivity index (χ1v) is 12.5. The van der Waals surface area contributed by atoms with Gasteiger partial charge in [-0.3, -0.25) is 25.2 Å². The highest BCUT2D eigenvalue weighted by molar-refractivity contribution is 7.91. The molecule has 2 aromatic rings.